The highest BCUT2D eigenvalue weighted by Gasteiger charge is 2.44. The summed E-state index contributed by atoms with van der Waals surface area (Å²) in [6.07, 6.45) is 0.854. The van der Waals surface area contributed by atoms with E-state index in [-0.39, 0.29) is 24.7 Å². The van der Waals surface area contributed by atoms with E-state index in [1.54, 1.807) is 23.1 Å². The van der Waals surface area contributed by atoms with Crippen molar-refractivity contribution < 1.29 is 24.5 Å². The third-order valence-corrected chi connectivity index (χ3v) is 5.21. The van der Waals surface area contributed by atoms with Crippen LogP contribution in [0.5, 0.6) is 11.5 Å². The van der Waals surface area contributed by atoms with Crippen LogP contribution in [-0.4, -0.2) is 68.2 Å². The van der Waals surface area contributed by atoms with Gasteiger partial charge in [-0.25, -0.2) is 0 Å². The van der Waals surface area contributed by atoms with Gasteiger partial charge < -0.3 is 29.2 Å². The maximum absolute atomic E-state index is 12.1. The van der Waals surface area contributed by atoms with Gasteiger partial charge in [-0.2, -0.15) is 0 Å². The van der Waals surface area contributed by atoms with Gasteiger partial charge in [0.05, 0.1) is 26.8 Å². The predicted molar refractivity (Wildman–Crippen MR) is 94.1 cm³/mol. The zero-order chi connectivity index (χ0) is 19.0. The molecule has 27 heavy (non-hydrogen) atoms. The second-order valence-corrected chi connectivity index (χ2v) is 6.92. The number of aromatic hydroxyl groups is 1. The molecule has 1 fully saturated rings. The molecule has 9 nitrogen and oxygen atoms in total. The molecule has 1 aromatic heterocycles. The molecule has 9 heteroatoms. The van der Waals surface area contributed by atoms with Crippen molar-refractivity contribution in [2.24, 2.45) is 0 Å². The quantitative estimate of drug-likeness (QED) is 0.804. The number of hydrogen-bond acceptors (Lipinski definition) is 7. The molecule has 0 saturated carbocycles. The van der Waals surface area contributed by atoms with Crippen molar-refractivity contribution in [3.63, 3.8) is 0 Å². The summed E-state index contributed by atoms with van der Waals surface area (Å²) < 4.78 is 13.3. The Morgan fingerprint density at radius 2 is 2.22 bits per heavy atom. The number of fused-ring (bicyclic) bond motifs is 1. The zero-order valence-electron chi connectivity index (χ0n) is 15.1. The normalized spacial score (nSPS) is 21.5. The number of aliphatic hydroxyl groups excluding tert-OH is 1. The van der Waals surface area contributed by atoms with Crippen LogP contribution < -0.4 is 4.74 Å². The molecule has 2 aliphatic rings. The van der Waals surface area contributed by atoms with Crippen LogP contribution in [0.2, 0.25) is 0 Å². The summed E-state index contributed by atoms with van der Waals surface area (Å²) >= 11 is 0. The minimum absolute atomic E-state index is 0.0592. The van der Waals surface area contributed by atoms with Crippen LogP contribution >= 0.6 is 0 Å². The lowest BCUT2D eigenvalue weighted by Gasteiger charge is -2.34. The maximum atomic E-state index is 12.1. The topological polar surface area (TPSA) is 110 Å². The first-order valence-electron chi connectivity index (χ1n) is 8.87. The SMILES string of the molecule is COc1cc(-c2nnc3n2CC2(CCN(C(=O)CCO)C2)OC3)ccc1O. The summed E-state index contributed by atoms with van der Waals surface area (Å²) in [6.45, 7) is 1.81. The Labute approximate surface area is 156 Å². The molecule has 1 atom stereocenters. The lowest BCUT2D eigenvalue weighted by molar-refractivity contribution is -0.134. The Kier molecular flexibility index (Phi) is 4.48. The first-order valence-corrected chi connectivity index (χ1v) is 8.87. The summed E-state index contributed by atoms with van der Waals surface area (Å²) in [4.78, 5) is 13.8. The van der Waals surface area contributed by atoms with Gasteiger partial charge in [-0.3, -0.25) is 4.79 Å². The number of phenolic OH excluding ortho intramolecular Hbond substituents is 1. The Balaban J connectivity index is 1.60. The van der Waals surface area contributed by atoms with Gasteiger partial charge >= 0.3 is 0 Å². The second-order valence-electron chi connectivity index (χ2n) is 6.92. The highest BCUT2D eigenvalue weighted by Crippen LogP contribution is 2.36. The number of methoxy groups -OCH3 is 1. The number of ether oxygens (including phenoxy) is 2. The Hall–Kier alpha value is -2.65. The summed E-state index contributed by atoms with van der Waals surface area (Å²) in [6, 6.07) is 5.05. The average Bonchev–Trinajstić information content (AvgIpc) is 3.27. The predicted octanol–water partition coefficient (Wildman–Crippen LogP) is 0.543. The lowest BCUT2D eigenvalue weighted by Crippen LogP contribution is -2.45. The van der Waals surface area contributed by atoms with E-state index in [4.69, 9.17) is 14.6 Å². The number of nitrogens with zero attached hydrogens (tertiary/aromatic N) is 4. The third-order valence-electron chi connectivity index (χ3n) is 5.21. The fourth-order valence-electron chi connectivity index (χ4n) is 3.75. The molecule has 1 aromatic carbocycles. The van der Waals surface area contributed by atoms with Crippen LogP contribution in [0, 0.1) is 0 Å². The molecule has 0 aliphatic carbocycles. The molecule has 4 rings (SSSR count). The highest BCUT2D eigenvalue weighted by molar-refractivity contribution is 5.76. The molecular formula is C18H22N4O5. The van der Waals surface area contributed by atoms with Crippen molar-refractivity contribution in [3.05, 3.63) is 24.0 Å². The minimum atomic E-state index is -0.476. The van der Waals surface area contributed by atoms with Gasteiger partial charge in [0, 0.05) is 18.5 Å². The molecule has 0 bridgehead atoms. The molecule has 144 valence electrons. The fourth-order valence-corrected chi connectivity index (χ4v) is 3.75. The standard InChI is InChI=1S/C18H22N4O5/c1-26-14-8-12(2-3-13(14)24)17-20-19-15-9-27-18(11-22(15)17)5-6-21(10-18)16(25)4-7-23/h2-3,8,23-24H,4-7,9-11H2,1H3. The molecule has 1 amide bonds. The van der Waals surface area contributed by atoms with Gasteiger partial charge in [-0.1, -0.05) is 0 Å². The number of phenols is 1. The lowest BCUT2D eigenvalue weighted by atomic mass is 10.0. The van der Waals surface area contributed by atoms with Crippen LogP contribution in [0.1, 0.15) is 18.7 Å². The zero-order valence-corrected chi connectivity index (χ0v) is 15.1. The van der Waals surface area contributed by atoms with Crippen LogP contribution in [0.4, 0.5) is 0 Å². The first-order chi connectivity index (χ1) is 13.0. The van der Waals surface area contributed by atoms with E-state index in [0.29, 0.717) is 37.8 Å². The van der Waals surface area contributed by atoms with Gasteiger partial charge in [0.2, 0.25) is 5.91 Å². The number of aliphatic hydroxyl groups is 1. The second kappa shape index (κ2) is 6.82. The van der Waals surface area contributed by atoms with Gasteiger partial charge in [0.15, 0.2) is 23.1 Å². The van der Waals surface area contributed by atoms with Gasteiger partial charge in [0.1, 0.15) is 12.2 Å². The van der Waals surface area contributed by atoms with Crippen molar-refractivity contribution in [1.29, 1.82) is 0 Å². The minimum Gasteiger partial charge on any atom is -0.504 e. The first kappa shape index (κ1) is 17.7. The van der Waals surface area contributed by atoms with E-state index in [1.807, 2.05) is 4.57 Å². The maximum Gasteiger partial charge on any atom is 0.224 e. The number of hydrogen-bond donors (Lipinski definition) is 2. The molecule has 2 N–H and O–H groups in total. The third kappa shape index (κ3) is 3.13. The molecular weight excluding hydrogens is 352 g/mol. The van der Waals surface area contributed by atoms with E-state index >= 15 is 0 Å². The summed E-state index contributed by atoms with van der Waals surface area (Å²) in [5, 5.41) is 27.3. The number of rotatable bonds is 4. The van der Waals surface area contributed by atoms with Crippen LogP contribution in [0.15, 0.2) is 18.2 Å². The summed E-state index contributed by atoms with van der Waals surface area (Å²) in [5.74, 6) is 1.77. The molecule has 2 aliphatic heterocycles. The van der Waals surface area contributed by atoms with Crippen molar-refractivity contribution in [2.45, 2.75) is 31.6 Å². The molecule has 2 aromatic rings. The van der Waals surface area contributed by atoms with E-state index in [0.717, 1.165) is 17.8 Å². The van der Waals surface area contributed by atoms with Crippen LogP contribution in [0.3, 0.4) is 0 Å². The monoisotopic (exact) mass is 374 g/mol. The van der Waals surface area contributed by atoms with Gasteiger partial charge in [-0.05, 0) is 24.6 Å². The van der Waals surface area contributed by atoms with E-state index in [9.17, 15) is 9.90 Å². The Morgan fingerprint density at radius 1 is 1.37 bits per heavy atom. The Bertz CT molecular complexity index is 867. The van der Waals surface area contributed by atoms with Crippen molar-refractivity contribution in [3.8, 4) is 22.9 Å². The molecule has 1 unspecified atom stereocenters. The van der Waals surface area contributed by atoms with E-state index < -0.39 is 5.60 Å². The highest BCUT2D eigenvalue weighted by atomic mass is 16.5. The van der Waals surface area contributed by atoms with Crippen LogP contribution in [0.25, 0.3) is 11.4 Å². The van der Waals surface area contributed by atoms with Gasteiger partial charge in [-0.15, -0.1) is 10.2 Å². The molecule has 1 saturated heterocycles. The fraction of sp³-hybridized carbons (Fsp3) is 0.500. The molecule has 1 spiro atoms. The molecule has 3 heterocycles. The van der Waals surface area contributed by atoms with Gasteiger partial charge in [0.25, 0.3) is 0 Å². The number of benzene rings is 1. The summed E-state index contributed by atoms with van der Waals surface area (Å²) in [7, 11) is 1.50. The number of likely N-dealkylation sites (tertiary alicyclic amines) is 1. The number of carbonyl (C=O) groups is 1. The smallest absolute Gasteiger partial charge is 0.224 e. The van der Waals surface area contributed by atoms with Crippen LogP contribution in [-0.2, 0) is 22.7 Å². The number of aromatic nitrogens is 3. The number of carbonyl (C=O) groups excluding carboxylic acids is 1. The number of amides is 1. The van der Waals surface area contributed by atoms with Crippen molar-refractivity contribution in [1.82, 2.24) is 19.7 Å². The van der Waals surface area contributed by atoms with Crippen molar-refractivity contribution in [2.75, 3.05) is 26.8 Å². The van der Waals surface area contributed by atoms with Crippen molar-refractivity contribution >= 4 is 5.91 Å². The Morgan fingerprint density at radius 3 is 3.00 bits per heavy atom. The summed E-state index contributed by atoms with van der Waals surface area (Å²) in [5.41, 5.74) is 0.308. The van der Waals surface area contributed by atoms with E-state index in [2.05, 4.69) is 10.2 Å². The van der Waals surface area contributed by atoms with E-state index in [1.165, 1.54) is 7.11 Å². The average molecular weight is 374 g/mol. The largest absolute Gasteiger partial charge is 0.504 e. The molecule has 0 radical (unpaired) electrons.